The second kappa shape index (κ2) is 11.5. The lowest BCUT2D eigenvalue weighted by Crippen LogP contribution is -2.51. The number of rotatable bonds is 6. The van der Waals surface area contributed by atoms with Crippen LogP contribution in [0.5, 0.6) is 0 Å². The van der Waals surface area contributed by atoms with Crippen LogP contribution in [0.25, 0.3) is 0 Å². The summed E-state index contributed by atoms with van der Waals surface area (Å²) in [6.07, 6.45) is 1.96. The molecule has 2 aliphatic rings. The van der Waals surface area contributed by atoms with Gasteiger partial charge in [-0.05, 0) is 42.0 Å². The Hall–Kier alpha value is -3.24. The van der Waals surface area contributed by atoms with Gasteiger partial charge in [0.15, 0.2) is 5.11 Å². The summed E-state index contributed by atoms with van der Waals surface area (Å²) in [6.45, 7) is 4.37. The second-order valence-corrected chi connectivity index (χ2v) is 9.10. The van der Waals surface area contributed by atoms with Crippen molar-refractivity contribution in [3.63, 3.8) is 0 Å². The molecule has 2 aliphatic heterocycles. The molecule has 1 unspecified atom stereocenters. The quantitative estimate of drug-likeness (QED) is 0.349. The molecule has 2 N–H and O–H groups in total. The Kier molecular flexibility index (Phi) is 8.14. The van der Waals surface area contributed by atoms with Crippen molar-refractivity contribution in [3.05, 3.63) is 64.4 Å². The molecule has 1 saturated heterocycles. The number of thiocarbonyl (C=S) groups is 1. The molecule has 8 nitrogen and oxygen atoms in total. The van der Waals surface area contributed by atoms with Crippen LogP contribution < -0.4 is 15.6 Å². The Morgan fingerprint density at radius 3 is 2.69 bits per heavy atom. The lowest BCUT2D eigenvalue weighted by molar-refractivity contribution is -0.119. The Labute approximate surface area is 213 Å². The monoisotopic (exact) mass is 516 g/mol. The minimum Gasteiger partial charge on any atom is -0.390 e. The highest BCUT2D eigenvalue weighted by Gasteiger charge is 2.25. The first-order chi connectivity index (χ1) is 16.9. The van der Waals surface area contributed by atoms with Crippen LogP contribution in [-0.4, -0.2) is 66.7 Å². The molecule has 0 saturated carbocycles. The Bertz CT molecular complexity index is 1140. The molecule has 0 aromatic heterocycles. The summed E-state index contributed by atoms with van der Waals surface area (Å²) >= 11 is 11.3. The van der Waals surface area contributed by atoms with E-state index in [4.69, 9.17) is 28.7 Å². The first-order valence-corrected chi connectivity index (χ1v) is 12.0. The fourth-order valence-corrected chi connectivity index (χ4v) is 4.20. The van der Waals surface area contributed by atoms with Crippen molar-refractivity contribution in [3.8, 4) is 0 Å². The van der Waals surface area contributed by atoms with Gasteiger partial charge in [0.05, 0.1) is 24.2 Å². The predicted octanol–water partition coefficient (Wildman–Crippen LogP) is 3.14. The summed E-state index contributed by atoms with van der Waals surface area (Å²) < 4.78 is 15.0. The Morgan fingerprint density at radius 1 is 1.26 bits per heavy atom. The summed E-state index contributed by atoms with van der Waals surface area (Å²) in [5.74, 6) is -0.433. The zero-order valence-electron chi connectivity index (χ0n) is 19.2. The molecule has 11 heteroatoms. The van der Waals surface area contributed by atoms with E-state index in [1.807, 2.05) is 28.0 Å². The van der Waals surface area contributed by atoms with Crippen LogP contribution in [0.15, 0.2) is 52.7 Å². The lowest BCUT2D eigenvalue weighted by atomic mass is 10.0. The van der Waals surface area contributed by atoms with Gasteiger partial charge in [0, 0.05) is 50.1 Å². The molecule has 2 heterocycles. The first-order valence-electron chi connectivity index (χ1n) is 11.2. The van der Waals surface area contributed by atoms with E-state index in [1.165, 1.54) is 13.0 Å². The number of halogens is 2. The summed E-state index contributed by atoms with van der Waals surface area (Å²) in [4.78, 5) is 20.4. The molecule has 1 atom stereocenters. The average Bonchev–Trinajstić information content (AvgIpc) is 3.33. The number of nitrogens with one attached hydrogen (secondary N) is 2. The zero-order chi connectivity index (χ0) is 24.8. The SMILES string of the molecule is CC(=O)NCC1CC(c2ccc(N3CCN(C(=S)N/N=C\c4ccc(Cl)cc4)CC3)c(F)c2)=NO1. The van der Waals surface area contributed by atoms with E-state index < -0.39 is 0 Å². The molecule has 0 spiro atoms. The van der Waals surface area contributed by atoms with Gasteiger partial charge in [0.2, 0.25) is 5.91 Å². The van der Waals surface area contributed by atoms with Crippen molar-refractivity contribution in [2.24, 2.45) is 10.3 Å². The fourth-order valence-electron chi connectivity index (χ4n) is 3.84. The van der Waals surface area contributed by atoms with Crippen LogP contribution in [0.4, 0.5) is 10.1 Å². The molecular weight excluding hydrogens is 491 g/mol. The van der Waals surface area contributed by atoms with Crippen molar-refractivity contribution in [2.45, 2.75) is 19.4 Å². The standard InChI is InChI=1S/C24H26ClFN6O2S/c1-16(33)27-15-20-13-22(30-34-20)18-4-7-23(21(26)12-18)31-8-10-32(11-9-31)24(35)29-28-14-17-2-5-19(25)6-3-17/h2-7,12,14,20H,8-11,13,15H2,1H3,(H,27,33)(H,29,35)/b28-14-. The number of hydrogen-bond acceptors (Lipinski definition) is 6. The molecule has 0 radical (unpaired) electrons. The van der Waals surface area contributed by atoms with Crippen molar-refractivity contribution in [1.29, 1.82) is 0 Å². The van der Waals surface area contributed by atoms with E-state index in [0.717, 1.165) is 5.56 Å². The van der Waals surface area contributed by atoms with Gasteiger partial charge in [0.25, 0.3) is 0 Å². The third-order valence-electron chi connectivity index (χ3n) is 5.74. The molecule has 1 amide bonds. The molecule has 2 aromatic rings. The van der Waals surface area contributed by atoms with Gasteiger partial charge in [-0.1, -0.05) is 35.0 Å². The molecule has 35 heavy (non-hydrogen) atoms. The normalized spacial score (nSPS) is 17.8. The van der Waals surface area contributed by atoms with Gasteiger partial charge < -0.3 is 20.0 Å². The van der Waals surface area contributed by atoms with E-state index in [1.54, 1.807) is 24.4 Å². The van der Waals surface area contributed by atoms with E-state index >= 15 is 0 Å². The van der Waals surface area contributed by atoms with E-state index in [-0.39, 0.29) is 17.8 Å². The number of hydrazone groups is 1. The third-order valence-corrected chi connectivity index (χ3v) is 6.35. The highest BCUT2D eigenvalue weighted by molar-refractivity contribution is 7.80. The number of piperazine rings is 1. The number of amides is 1. The van der Waals surface area contributed by atoms with Gasteiger partial charge in [-0.15, -0.1) is 0 Å². The van der Waals surface area contributed by atoms with Crippen molar-refractivity contribution in [1.82, 2.24) is 15.6 Å². The van der Waals surface area contributed by atoms with Crippen molar-refractivity contribution in [2.75, 3.05) is 37.6 Å². The van der Waals surface area contributed by atoms with Gasteiger partial charge in [-0.2, -0.15) is 5.10 Å². The highest BCUT2D eigenvalue weighted by Crippen LogP contribution is 2.25. The molecule has 0 aliphatic carbocycles. The van der Waals surface area contributed by atoms with Gasteiger partial charge >= 0.3 is 0 Å². The number of hydrogen-bond donors (Lipinski definition) is 2. The number of nitrogens with zero attached hydrogens (tertiary/aromatic N) is 4. The number of carbonyl (C=O) groups excluding carboxylic acids is 1. The first kappa shape index (κ1) is 24.9. The summed E-state index contributed by atoms with van der Waals surface area (Å²) in [6, 6.07) is 12.4. The second-order valence-electron chi connectivity index (χ2n) is 8.27. The van der Waals surface area contributed by atoms with Crippen LogP contribution in [0.3, 0.4) is 0 Å². The molecular formula is C24H26ClFN6O2S. The largest absolute Gasteiger partial charge is 0.390 e. The van der Waals surface area contributed by atoms with E-state index in [2.05, 4.69) is 21.0 Å². The highest BCUT2D eigenvalue weighted by atomic mass is 35.5. The summed E-state index contributed by atoms with van der Waals surface area (Å²) in [7, 11) is 0. The number of benzene rings is 2. The van der Waals surface area contributed by atoms with Crippen molar-refractivity contribution >= 4 is 52.5 Å². The predicted molar refractivity (Wildman–Crippen MR) is 140 cm³/mol. The third kappa shape index (κ3) is 6.67. The molecule has 4 rings (SSSR count). The van der Waals surface area contributed by atoms with Crippen LogP contribution in [0.2, 0.25) is 5.02 Å². The van der Waals surface area contributed by atoms with E-state index in [0.29, 0.717) is 66.2 Å². The maximum atomic E-state index is 15.0. The summed E-state index contributed by atoms with van der Waals surface area (Å²) in [5, 5.41) is 12.2. The van der Waals surface area contributed by atoms with Crippen LogP contribution in [0, 0.1) is 5.82 Å². The summed E-state index contributed by atoms with van der Waals surface area (Å²) in [5.41, 5.74) is 5.70. The Balaban J connectivity index is 1.27. The van der Waals surface area contributed by atoms with Crippen LogP contribution in [0.1, 0.15) is 24.5 Å². The fraction of sp³-hybridized carbons (Fsp3) is 0.333. The van der Waals surface area contributed by atoms with Crippen molar-refractivity contribution < 1.29 is 14.0 Å². The zero-order valence-corrected chi connectivity index (χ0v) is 20.8. The van der Waals surface area contributed by atoms with Gasteiger partial charge in [-0.3, -0.25) is 10.2 Å². The molecule has 184 valence electrons. The Morgan fingerprint density at radius 2 is 2.00 bits per heavy atom. The smallest absolute Gasteiger partial charge is 0.217 e. The maximum absolute atomic E-state index is 15.0. The molecule has 2 aromatic carbocycles. The van der Waals surface area contributed by atoms with E-state index in [9.17, 15) is 9.18 Å². The van der Waals surface area contributed by atoms with Gasteiger partial charge in [0.1, 0.15) is 11.9 Å². The van der Waals surface area contributed by atoms with Crippen LogP contribution >= 0.6 is 23.8 Å². The van der Waals surface area contributed by atoms with Crippen LogP contribution in [-0.2, 0) is 9.63 Å². The number of anilines is 1. The minimum absolute atomic E-state index is 0.125. The number of oxime groups is 1. The molecule has 0 bridgehead atoms. The van der Waals surface area contributed by atoms with Gasteiger partial charge in [-0.25, -0.2) is 4.39 Å². The average molecular weight is 517 g/mol. The molecule has 1 fully saturated rings. The topological polar surface area (TPSA) is 81.6 Å². The minimum atomic E-state index is -0.308. The lowest BCUT2D eigenvalue weighted by Gasteiger charge is -2.37. The number of carbonyl (C=O) groups is 1. The maximum Gasteiger partial charge on any atom is 0.217 e.